The Kier molecular flexibility index (Phi) is 5.76. The van der Waals surface area contributed by atoms with E-state index in [4.69, 9.17) is 9.47 Å². The van der Waals surface area contributed by atoms with Crippen molar-refractivity contribution < 1.29 is 28.6 Å². The van der Waals surface area contributed by atoms with E-state index < -0.39 is 18.2 Å². The van der Waals surface area contributed by atoms with Gasteiger partial charge in [0, 0.05) is 0 Å². The van der Waals surface area contributed by atoms with E-state index in [0.29, 0.717) is 6.42 Å². The molecule has 2 aliphatic heterocycles. The molecule has 2 aromatic carbocycles. The Morgan fingerprint density at radius 1 is 1.03 bits per heavy atom. The SMILES string of the molecule is COC(=O)OC1=C(C(=O)OC(c2ccccc2)c2ccccc2)N2C(=O)C[C@H]2SC1. The number of amides is 1. The predicted octanol–water partition coefficient (Wildman–Crippen LogP) is 3.62. The number of benzene rings is 2. The number of ether oxygens (including phenoxy) is 3. The van der Waals surface area contributed by atoms with E-state index in [2.05, 4.69) is 4.74 Å². The second kappa shape index (κ2) is 8.62. The number of carbonyl (C=O) groups is 3. The summed E-state index contributed by atoms with van der Waals surface area (Å²) >= 11 is 1.42. The van der Waals surface area contributed by atoms with Gasteiger partial charge in [-0.3, -0.25) is 9.69 Å². The van der Waals surface area contributed by atoms with Crippen LogP contribution >= 0.6 is 11.8 Å². The maximum atomic E-state index is 13.3. The third-order valence-corrected chi connectivity index (χ3v) is 6.00. The van der Waals surface area contributed by atoms with Crippen LogP contribution in [0.4, 0.5) is 4.79 Å². The zero-order chi connectivity index (χ0) is 21.1. The molecule has 4 rings (SSSR count). The van der Waals surface area contributed by atoms with Crippen molar-refractivity contribution in [2.45, 2.75) is 17.9 Å². The van der Waals surface area contributed by atoms with E-state index in [1.807, 2.05) is 60.7 Å². The van der Waals surface area contributed by atoms with Gasteiger partial charge in [0.05, 0.1) is 24.7 Å². The first-order valence-corrected chi connectivity index (χ1v) is 10.4. The number of rotatable bonds is 5. The van der Waals surface area contributed by atoms with Crippen molar-refractivity contribution in [3.05, 3.63) is 83.2 Å². The third-order valence-electron chi connectivity index (χ3n) is 4.81. The van der Waals surface area contributed by atoms with Crippen molar-refractivity contribution >= 4 is 29.8 Å². The fraction of sp³-hybridized carbons (Fsp3) is 0.227. The Morgan fingerprint density at radius 3 is 2.17 bits per heavy atom. The minimum Gasteiger partial charge on any atom is -0.448 e. The van der Waals surface area contributed by atoms with Gasteiger partial charge in [0.1, 0.15) is 0 Å². The van der Waals surface area contributed by atoms with Crippen LogP contribution in [0, 0.1) is 0 Å². The molecule has 1 amide bonds. The summed E-state index contributed by atoms with van der Waals surface area (Å²) in [6.07, 6.45) is -1.31. The van der Waals surface area contributed by atoms with Crippen LogP contribution in [0.15, 0.2) is 72.1 Å². The highest BCUT2D eigenvalue weighted by molar-refractivity contribution is 8.00. The number of nitrogens with zero attached hydrogens (tertiary/aromatic N) is 1. The minimum atomic E-state index is -0.954. The molecule has 2 aliphatic rings. The van der Waals surface area contributed by atoms with E-state index in [1.165, 1.54) is 23.8 Å². The molecular weight excluding hydrogens is 406 g/mol. The van der Waals surface area contributed by atoms with Crippen molar-refractivity contribution in [1.29, 1.82) is 0 Å². The summed E-state index contributed by atoms with van der Waals surface area (Å²) in [4.78, 5) is 38.5. The fourth-order valence-electron chi connectivity index (χ4n) is 3.34. The van der Waals surface area contributed by atoms with Crippen molar-refractivity contribution in [3.8, 4) is 0 Å². The quantitative estimate of drug-likeness (QED) is 0.534. The molecule has 8 heteroatoms. The zero-order valence-electron chi connectivity index (χ0n) is 16.1. The molecule has 154 valence electrons. The van der Waals surface area contributed by atoms with Gasteiger partial charge in [0.15, 0.2) is 17.6 Å². The third kappa shape index (κ3) is 3.91. The number of methoxy groups -OCH3 is 1. The number of hydrogen-bond donors (Lipinski definition) is 0. The number of carbonyl (C=O) groups excluding carboxylic acids is 3. The van der Waals surface area contributed by atoms with Gasteiger partial charge in [-0.25, -0.2) is 9.59 Å². The molecule has 0 bridgehead atoms. The summed E-state index contributed by atoms with van der Waals surface area (Å²) in [5.41, 5.74) is 1.52. The molecule has 0 spiro atoms. The Hall–Kier alpha value is -3.26. The maximum Gasteiger partial charge on any atom is 0.513 e. The van der Waals surface area contributed by atoms with Gasteiger partial charge in [-0.15, -0.1) is 11.8 Å². The lowest BCUT2D eigenvalue weighted by molar-refractivity contribution is -0.152. The maximum absolute atomic E-state index is 13.3. The first kappa shape index (κ1) is 20.0. The molecule has 0 unspecified atom stereocenters. The highest BCUT2D eigenvalue weighted by atomic mass is 32.2. The molecule has 1 fully saturated rings. The number of hydrogen-bond acceptors (Lipinski definition) is 7. The molecule has 1 saturated heterocycles. The van der Waals surface area contributed by atoms with Crippen molar-refractivity contribution in [2.24, 2.45) is 0 Å². The zero-order valence-corrected chi connectivity index (χ0v) is 17.0. The topological polar surface area (TPSA) is 82.1 Å². The standard InChI is InChI=1S/C22H19NO6S/c1-27-22(26)28-16-13-30-18-12-17(24)23(18)19(16)21(25)29-20(14-8-4-2-5-9-14)15-10-6-3-7-11-15/h2-11,18,20H,12-13H2,1H3/t18-/m1/s1. The number of esters is 1. The van der Waals surface area contributed by atoms with Crippen molar-refractivity contribution in [2.75, 3.05) is 12.9 Å². The molecule has 0 aromatic heterocycles. The van der Waals surface area contributed by atoms with Crippen LogP contribution in [0.2, 0.25) is 0 Å². The molecule has 2 aromatic rings. The Bertz CT molecular complexity index is 952. The van der Waals surface area contributed by atoms with Crippen molar-refractivity contribution in [1.82, 2.24) is 4.90 Å². The number of fused-ring (bicyclic) bond motifs is 1. The molecule has 0 aliphatic carbocycles. The van der Waals surface area contributed by atoms with Crippen LogP contribution in [-0.2, 0) is 23.8 Å². The normalized spacial score (nSPS) is 17.9. The Balaban J connectivity index is 1.69. The van der Waals surface area contributed by atoms with E-state index in [9.17, 15) is 14.4 Å². The van der Waals surface area contributed by atoms with Crippen LogP contribution in [0.3, 0.4) is 0 Å². The molecule has 30 heavy (non-hydrogen) atoms. The van der Waals surface area contributed by atoms with Crippen LogP contribution in [-0.4, -0.2) is 41.2 Å². The summed E-state index contributed by atoms with van der Waals surface area (Å²) in [5.74, 6) is -0.637. The molecular formula is C22H19NO6S. The summed E-state index contributed by atoms with van der Waals surface area (Å²) in [5, 5.41) is -0.169. The number of thioether (sulfide) groups is 1. The Labute approximate surface area is 177 Å². The first-order valence-electron chi connectivity index (χ1n) is 9.32. The van der Waals surface area contributed by atoms with Gasteiger partial charge in [-0.05, 0) is 11.1 Å². The van der Waals surface area contributed by atoms with Gasteiger partial charge in [0.25, 0.3) is 0 Å². The van der Waals surface area contributed by atoms with Gasteiger partial charge in [-0.2, -0.15) is 0 Å². The average Bonchev–Trinajstić information content (AvgIpc) is 2.78. The molecule has 0 N–H and O–H groups in total. The Morgan fingerprint density at radius 2 is 1.63 bits per heavy atom. The summed E-state index contributed by atoms with van der Waals surface area (Å²) in [6, 6.07) is 18.6. The van der Waals surface area contributed by atoms with E-state index in [0.717, 1.165) is 11.1 Å². The van der Waals surface area contributed by atoms with Crippen molar-refractivity contribution in [3.63, 3.8) is 0 Å². The number of β-lactam (4-membered cyclic amide) rings is 1. The van der Waals surface area contributed by atoms with Crippen LogP contribution < -0.4 is 0 Å². The van der Waals surface area contributed by atoms with Gasteiger partial charge in [-0.1, -0.05) is 60.7 Å². The van der Waals surface area contributed by atoms with E-state index >= 15 is 0 Å². The molecule has 2 heterocycles. The monoisotopic (exact) mass is 425 g/mol. The highest BCUT2D eigenvalue weighted by Crippen LogP contribution is 2.41. The summed E-state index contributed by atoms with van der Waals surface area (Å²) in [6.45, 7) is 0. The lowest BCUT2D eigenvalue weighted by Gasteiger charge is -2.43. The molecule has 1 atom stereocenters. The lowest BCUT2D eigenvalue weighted by atomic mass is 10.0. The second-order valence-electron chi connectivity index (χ2n) is 6.67. The van der Waals surface area contributed by atoms with E-state index in [-0.39, 0.29) is 28.5 Å². The smallest absolute Gasteiger partial charge is 0.448 e. The molecule has 0 radical (unpaired) electrons. The minimum absolute atomic E-state index is 0.0442. The average molecular weight is 425 g/mol. The van der Waals surface area contributed by atoms with Gasteiger partial charge >= 0.3 is 12.1 Å². The molecule has 0 saturated carbocycles. The summed E-state index contributed by atoms with van der Waals surface area (Å²) < 4.78 is 15.6. The predicted molar refractivity (Wildman–Crippen MR) is 109 cm³/mol. The van der Waals surface area contributed by atoms with Gasteiger partial charge < -0.3 is 14.2 Å². The lowest BCUT2D eigenvalue weighted by Crippen LogP contribution is -2.54. The summed E-state index contributed by atoms with van der Waals surface area (Å²) in [7, 11) is 1.18. The van der Waals surface area contributed by atoms with Gasteiger partial charge in [0.2, 0.25) is 5.91 Å². The van der Waals surface area contributed by atoms with Crippen LogP contribution in [0.5, 0.6) is 0 Å². The van der Waals surface area contributed by atoms with E-state index in [1.54, 1.807) is 0 Å². The van der Waals surface area contributed by atoms with Crippen LogP contribution in [0.25, 0.3) is 0 Å². The second-order valence-corrected chi connectivity index (χ2v) is 7.83. The molecule has 7 nitrogen and oxygen atoms in total. The van der Waals surface area contributed by atoms with Crippen LogP contribution in [0.1, 0.15) is 23.7 Å². The first-order chi connectivity index (χ1) is 14.6. The largest absolute Gasteiger partial charge is 0.513 e. The highest BCUT2D eigenvalue weighted by Gasteiger charge is 2.47. The fourth-order valence-corrected chi connectivity index (χ4v) is 4.52.